The summed E-state index contributed by atoms with van der Waals surface area (Å²) in [5, 5.41) is 2.52. The van der Waals surface area contributed by atoms with Crippen LogP contribution >= 0.6 is 0 Å². The maximum absolute atomic E-state index is 13.2. The van der Waals surface area contributed by atoms with Crippen molar-refractivity contribution >= 4 is 21.9 Å². The molecular formula is C17H21F4NO5S. The molecule has 1 N–H and O–H groups in total. The van der Waals surface area contributed by atoms with Crippen LogP contribution in [0, 0.1) is 0 Å². The topological polar surface area (TPSA) is 73.9 Å². The van der Waals surface area contributed by atoms with E-state index in [4.69, 9.17) is 9.47 Å². The third-order valence-electron chi connectivity index (χ3n) is 3.72. The van der Waals surface area contributed by atoms with E-state index < -0.39 is 34.6 Å². The van der Waals surface area contributed by atoms with E-state index in [0.29, 0.717) is 12.2 Å². The lowest BCUT2D eigenvalue weighted by Gasteiger charge is -2.26. The summed E-state index contributed by atoms with van der Waals surface area (Å²) in [6.45, 7) is 1.60. The summed E-state index contributed by atoms with van der Waals surface area (Å²) in [5.74, 6) is 0.140. The molecule has 158 valence electrons. The molecular weight excluding hydrogens is 406 g/mol. The van der Waals surface area contributed by atoms with E-state index in [-0.39, 0.29) is 18.0 Å². The Morgan fingerprint density at radius 2 is 2.04 bits per heavy atom. The standard InChI is InChI=1S/C17H21F4NO5S/c1-2-3-9-25-11-13(10-18)26-14-6-4-5-12-7-8-15(22-16(12)14)27-28(23,24)17(19,20)21/h4-8,13,15,22H,2-3,9-11H2,1H3/t13?,15-/m1/s1. The molecule has 0 aliphatic carbocycles. The van der Waals surface area contributed by atoms with Gasteiger partial charge in [0.25, 0.3) is 0 Å². The number of anilines is 1. The average Bonchev–Trinajstić information content (AvgIpc) is 2.63. The van der Waals surface area contributed by atoms with Gasteiger partial charge in [0, 0.05) is 12.2 Å². The van der Waals surface area contributed by atoms with Crippen LogP contribution in [-0.2, 0) is 19.0 Å². The normalized spacial score (nSPS) is 17.7. The van der Waals surface area contributed by atoms with E-state index in [0.717, 1.165) is 18.9 Å². The lowest BCUT2D eigenvalue weighted by molar-refractivity contribution is -0.0553. The predicted molar refractivity (Wildman–Crippen MR) is 95.1 cm³/mol. The number of hydrogen-bond acceptors (Lipinski definition) is 6. The first-order valence-electron chi connectivity index (χ1n) is 8.55. The van der Waals surface area contributed by atoms with Crippen LogP contribution in [0.25, 0.3) is 6.08 Å². The Bertz CT molecular complexity index is 782. The van der Waals surface area contributed by atoms with Crippen LogP contribution in [0.5, 0.6) is 5.75 Å². The Labute approximate surface area is 160 Å². The van der Waals surface area contributed by atoms with Gasteiger partial charge in [0.1, 0.15) is 12.4 Å². The maximum Gasteiger partial charge on any atom is 0.523 e. The number of nitrogens with one attached hydrogen (secondary N) is 1. The summed E-state index contributed by atoms with van der Waals surface area (Å²) in [5.41, 5.74) is -4.83. The van der Waals surface area contributed by atoms with Crippen LogP contribution in [0.4, 0.5) is 23.2 Å². The lowest BCUT2D eigenvalue weighted by Crippen LogP contribution is -2.34. The van der Waals surface area contributed by atoms with E-state index in [1.54, 1.807) is 12.1 Å². The fraction of sp³-hybridized carbons (Fsp3) is 0.529. The monoisotopic (exact) mass is 427 g/mol. The molecule has 11 heteroatoms. The molecule has 1 aromatic carbocycles. The van der Waals surface area contributed by atoms with Gasteiger partial charge < -0.3 is 14.8 Å². The van der Waals surface area contributed by atoms with Crippen LogP contribution in [0.3, 0.4) is 0 Å². The Morgan fingerprint density at radius 3 is 2.68 bits per heavy atom. The summed E-state index contributed by atoms with van der Waals surface area (Å²) in [6, 6.07) is 4.72. The second-order valence-corrected chi connectivity index (χ2v) is 7.53. The maximum atomic E-state index is 13.2. The van der Waals surface area contributed by atoms with Gasteiger partial charge in [-0.15, -0.1) is 0 Å². The van der Waals surface area contributed by atoms with Crippen molar-refractivity contribution in [2.24, 2.45) is 0 Å². The number of halogens is 4. The van der Waals surface area contributed by atoms with Crippen molar-refractivity contribution in [3.8, 4) is 5.75 Å². The van der Waals surface area contributed by atoms with Crippen molar-refractivity contribution in [1.29, 1.82) is 0 Å². The zero-order chi connectivity index (χ0) is 20.8. The molecule has 6 nitrogen and oxygen atoms in total. The highest BCUT2D eigenvalue weighted by Crippen LogP contribution is 2.35. The second kappa shape index (κ2) is 9.57. The molecule has 0 fully saturated rings. The lowest BCUT2D eigenvalue weighted by atomic mass is 10.1. The fourth-order valence-corrected chi connectivity index (χ4v) is 2.81. The van der Waals surface area contributed by atoms with Gasteiger partial charge in [-0.1, -0.05) is 31.6 Å². The average molecular weight is 427 g/mol. The van der Waals surface area contributed by atoms with Crippen molar-refractivity contribution < 1.29 is 39.6 Å². The third kappa shape index (κ3) is 5.82. The van der Waals surface area contributed by atoms with E-state index in [1.807, 2.05) is 6.92 Å². The third-order valence-corrected chi connectivity index (χ3v) is 4.75. The molecule has 0 bridgehead atoms. The number of hydrogen-bond donors (Lipinski definition) is 1. The largest absolute Gasteiger partial charge is 0.523 e. The quantitative estimate of drug-likeness (QED) is 0.265. The number of benzene rings is 1. The first kappa shape index (κ1) is 22.4. The van der Waals surface area contributed by atoms with Gasteiger partial charge in [0.15, 0.2) is 12.3 Å². The summed E-state index contributed by atoms with van der Waals surface area (Å²) in [4.78, 5) is 0. The fourth-order valence-electron chi connectivity index (χ4n) is 2.32. The molecule has 0 saturated carbocycles. The summed E-state index contributed by atoms with van der Waals surface area (Å²) in [6.07, 6.45) is 1.74. The molecule has 1 aliphatic heterocycles. The first-order valence-corrected chi connectivity index (χ1v) is 9.96. The van der Waals surface area contributed by atoms with E-state index in [2.05, 4.69) is 9.50 Å². The SMILES string of the molecule is CCCCOCC(CF)Oc1cccc2c1N[C@H](OS(=O)(=O)C(F)(F)F)C=C2. The minimum Gasteiger partial charge on any atom is -0.483 e. The highest BCUT2D eigenvalue weighted by atomic mass is 32.2. The van der Waals surface area contributed by atoms with Gasteiger partial charge >= 0.3 is 15.6 Å². The highest BCUT2D eigenvalue weighted by Gasteiger charge is 2.48. The van der Waals surface area contributed by atoms with Crippen molar-refractivity contribution in [2.45, 2.75) is 37.6 Å². The number of para-hydroxylation sites is 1. The number of ether oxygens (including phenoxy) is 2. The molecule has 1 aliphatic rings. The van der Waals surface area contributed by atoms with Gasteiger partial charge in [-0.25, -0.2) is 8.57 Å². The van der Waals surface area contributed by atoms with Gasteiger partial charge in [0.05, 0.1) is 12.3 Å². The van der Waals surface area contributed by atoms with Crippen LogP contribution in [-0.4, -0.2) is 46.1 Å². The summed E-state index contributed by atoms with van der Waals surface area (Å²) >= 11 is 0. The molecule has 0 radical (unpaired) electrons. The summed E-state index contributed by atoms with van der Waals surface area (Å²) < 4.78 is 88.2. The van der Waals surface area contributed by atoms with E-state index >= 15 is 0 Å². The van der Waals surface area contributed by atoms with E-state index in [9.17, 15) is 26.0 Å². The smallest absolute Gasteiger partial charge is 0.483 e. The number of rotatable bonds is 10. The molecule has 2 atom stereocenters. The Kier molecular flexibility index (Phi) is 7.67. The molecule has 2 rings (SSSR count). The molecule has 0 saturated heterocycles. The van der Waals surface area contributed by atoms with E-state index in [1.165, 1.54) is 12.1 Å². The molecule has 1 aromatic rings. The van der Waals surface area contributed by atoms with Crippen LogP contribution in [0.1, 0.15) is 25.3 Å². The van der Waals surface area contributed by atoms with Gasteiger partial charge in [-0.05, 0) is 18.6 Å². The van der Waals surface area contributed by atoms with Crippen LogP contribution < -0.4 is 10.1 Å². The van der Waals surface area contributed by atoms with Gasteiger partial charge in [0.2, 0.25) is 0 Å². The second-order valence-electron chi connectivity index (χ2n) is 5.96. The zero-order valence-electron chi connectivity index (χ0n) is 15.0. The van der Waals surface area contributed by atoms with Crippen molar-refractivity contribution in [3.05, 3.63) is 29.8 Å². The van der Waals surface area contributed by atoms with Crippen LogP contribution in [0.2, 0.25) is 0 Å². The molecule has 1 unspecified atom stereocenters. The minimum atomic E-state index is -5.79. The zero-order valence-corrected chi connectivity index (χ0v) is 15.9. The predicted octanol–water partition coefficient (Wildman–Crippen LogP) is 3.85. The Hall–Kier alpha value is -1.85. The van der Waals surface area contributed by atoms with Gasteiger partial charge in [-0.2, -0.15) is 21.6 Å². The molecule has 1 heterocycles. The molecule has 0 amide bonds. The molecule has 0 aromatic heterocycles. The molecule has 0 spiro atoms. The number of unbranched alkanes of at least 4 members (excludes halogenated alkanes) is 1. The first-order chi connectivity index (χ1) is 13.2. The highest BCUT2D eigenvalue weighted by molar-refractivity contribution is 7.87. The Balaban J connectivity index is 2.10. The van der Waals surface area contributed by atoms with Crippen molar-refractivity contribution in [3.63, 3.8) is 0 Å². The van der Waals surface area contributed by atoms with Crippen molar-refractivity contribution in [2.75, 3.05) is 25.2 Å². The van der Waals surface area contributed by atoms with Crippen LogP contribution in [0.15, 0.2) is 24.3 Å². The number of alkyl halides is 4. The minimum absolute atomic E-state index is 0.00160. The Morgan fingerprint density at radius 1 is 1.29 bits per heavy atom. The molecule has 28 heavy (non-hydrogen) atoms. The summed E-state index contributed by atoms with van der Waals surface area (Å²) in [7, 11) is -5.79. The van der Waals surface area contributed by atoms with Crippen molar-refractivity contribution in [1.82, 2.24) is 0 Å². The number of fused-ring (bicyclic) bond motifs is 1. The van der Waals surface area contributed by atoms with Gasteiger partial charge in [-0.3, -0.25) is 0 Å².